The number of unbranched alkanes of at least 4 members (excludes halogenated alkanes) is 4. The molecule has 29 heavy (non-hydrogen) atoms. The van der Waals surface area contributed by atoms with Crippen LogP contribution < -0.4 is 10.1 Å². The maximum atomic E-state index is 12.2. The van der Waals surface area contributed by atoms with Crippen LogP contribution in [0.4, 0.5) is 10.5 Å². The molecule has 1 aromatic rings. The Morgan fingerprint density at radius 3 is 2.55 bits per heavy atom. The van der Waals surface area contributed by atoms with Crippen molar-refractivity contribution in [3.05, 3.63) is 24.3 Å². The number of likely N-dealkylation sites (tertiary alicyclic amines) is 1. The van der Waals surface area contributed by atoms with E-state index in [-0.39, 0.29) is 0 Å². The molecule has 0 spiro atoms. The molecule has 0 aliphatic carbocycles. The first kappa shape index (κ1) is 23.5. The fourth-order valence-electron chi connectivity index (χ4n) is 3.90. The number of para-hydroxylation sites is 2. The highest BCUT2D eigenvalue weighted by Crippen LogP contribution is 2.24. The lowest BCUT2D eigenvalue weighted by atomic mass is 9.92. The second kappa shape index (κ2) is 14.3. The van der Waals surface area contributed by atoms with E-state index in [2.05, 4.69) is 24.1 Å². The maximum absolute atomic E-state index is 12.2. The zero-order valence-electron chi connectivity index (χ0n) is 18.5. The van der Waals surface area contributed by atoms with Crippen molar-refractivity contribution in [2.45, 2.75) is 71.6 Å². The lowest BCUT2D eigenvalue weighted by Gasteiger charge is -2.31. The van der Waals surface area contributed by atoms with Gasteiger partial charge in [-0.05, 0) is 50.4 Å². The fourth-order valence-corrected chi connectivity index (χ4v) is 3.90. The average Bonchev–Trinajstić information content (AvgIpc) is 2.73. The van der Waals surface area contributed by atoms with Crippen molar-refractivity contribution in [1.82, 2.24) is 4.90 Å². The van der Waals surface area contributed by atoms with Gasteiger partial charge in [-0.3, -0.25) is 10.2 Å². The van der Waals surface area contributed by atoms with Crippen molar-refractivity contribution >= 4 is 11.8 Å². The zero-order chi connectivity index (χ0) is 20.7. The normalized spacial score (nSPS) is 15.2. The molecule has 0 saturated carbocycles. The van der Waals surface area contributed by atoms with Crippen molar-refractivity contribution in [3.63, 3.8) is 0 Å². The van der Waals surface area contributed by atoms with Gasteiger partial charge in [0.25, 0.3) is 0 Å². The number of benzene rings is 1. The molecule has 1 fully saturated rings. The van der Waals surface area contributed by atoms with Crippen LogP contribution >= 0.6 is 0 Å². The van der Waals surface area contributed by atoms with E-state index in [4.69, 9.17) is 9.47 Å². The van der Waals surface area contributed by atoms with Gasteiger partial charge in [0.2, 0.25) is 0 Å². The number of carbonyl (C=O) groups is 1. The summed E-state index contributed by atoms with van der Waals surface area (Å²) in [5, 5.41) is 2.83. The number of hydrogen-bond donors (Lipinski definition) is 1. The standard InChI is InChI=1S/C24H40N2O3/c1-3-5-6-7-10-19-28-23-13-9-8-12-22(23)25-24(27)29-20-18-26-16-14-21(11-4-2)15-17-26/h8-9,12-13,21H,3-7,10-11,14-20H2,1-2H3,(H,25,27). The largest absolute Gasteiger partial charge is 0.491 e. The summed E-state index contributed by atoms with van der Waals surface area (Å²) in [5.74, 6) is 1.58. The number of anilines is 1. The molecule has 0 radical (unpaired) electrons. The Hall–Kier alpha value is -1.75. The third-order valence-electron chi connectivity index (χ3n) is 5.67. The van der Waals surface area contributed by atoms with Gasteiger partial charge >= 0.3 is 6.09 Å². The molecule has 5 nitrogen and oxygen atoms in total. The van der Waals surface area contributed by atoms with Crippen LogP contribution in [0.2, 0.25) is 0 Å². The smallest absolute Gasteiger partial charge is 0.411 e. The predicted octanol–water partition coefficient (Wildman–Crippen LogP) is 6.10. The number of ether oxygens (including phenoxy) is 2. The van der Waals surface area contributed by atoms with E-state index in [1.54, 1.807) is 0 Å². The second-order valence-corrected chi connectivity index (χ2v) is 8.09. The summed E-state index contributed by atoms with van der Waals surface area (Å²) in [4.78, 5) is 14.6. The van der Waals surface area contributed by atoms with E-state index in [0.29, 0.717) is 24.7 Å². The molecule has 1 heterocycles. The molecule has 1 aliphatic heterocycles. The van der Waals surface area contributed by atoms with Gasteiger partial charge in [0.05, 0.1) is 12.3 Å². The highest BCUT2D eigenvalue weighted by atomic mass is 16.5. The van der Waals surface area contributed by atoms with Crippen molar-refractivity contribution < 1.29 is 14.3 Å². The minimum atomic E-state index is -0.412. The summed E-state index contributed by atoms with van der Waals surface area (Å²) in [6.45, 7) is 8.61. The van der Waals surface area contributed by atoms with Crippen LogP contribution in [0.3, 0.4) is 0 Å². The molecule has 1 amide bonds. The SMILES string of the molecule is CCCCCCCOc1ccccc1NC(=O)OCCN1CCC(CCC)CC1. The fraction of sp³-hybridized carbons (Fsp3) is 0.708. The van der Waals surface area contributed by atoms with Gasteiger partial charge in [-0.1, -0.05) is 64.5 Å². The lowest BCUT2D eigenvalue weighted by Crippen LogP contribution is -2.36. The van der Waals surface area contributed by atoms with Gasteiger partial charge in [-0.15, -0.1) is 0 Å². The van der Waals surface area contributed by atoms with Crippen molar-refractivity contribution in [2.24, 2.45) is 5.92 Å². The minimum absolute atomic E-state index is 0.412. The van der Waals surface area contributed by atoms with Crippen LogP contribution in [0.5, 0.6) is 5.75 Å². The molecule has 0 atom stereocenters. The van der Waals surface area contributed by atoms with Gasteiger partial charge < -0.3 is 9.47 Å². The predicted molar refractivity (Wildman–Crippen MR) is 120 cm³/mol. The van der Waals surface area contributed by atoms with Gasteiger partial charge in [0.15, 0.2) is 0 Å². The van der Waals surface area contributed by atoms with Crippen molar-refractivity contribution in [3.8, 4) is 5.75 Å². The third-order valence-corrected chi connectivity index (χ3v) is 5.67. The number of nitrogens with zero attached hydrogens (tertiary/aromatic N) is 1. The van der Waals surface area contributed by atoms with E-state index < -0.39 is 6.09 Å². The molecule has 0 bridgehead atoms. The summed E-state index contributed by atoms with van der Waals surface area (Å²) < 4.78 is 11.3. The van der Waals surface area contributed by atoms with Gasteiger partial charge in [-0.25, -0.2) is 4.79 Å². The van der Waals surface area contributed by atoms with E-state index in [1.165, 1.54) is 51.4 Å². The first-order chi connectivity index (χ1) is 14.2. The Labute approximate surface area is 177 Å². The molecular formula is C24H40N2O3. The first-order valence-corrected chi connectivity index (χ1v) is 11.6. The Kier molecular flexibility index (Phi) is 11.6. The highest BCUT2D eigenvalue weighted by molar-refractivity contribution is 5.86. The Morgan fingerprint density at radius 1 is 1.03 bits per heavy atom. The topological polar surface area (TPSA) is 50.8 Å². The second-order valence-electron chi connectivity index (χ2n) is 8.09. The number of carbonyl (C=O) groups excluding carboxylic acids is 1. The molecule has 5 heteroatoms. The summed E-state index contributed by atoms with van der Waals surface area (Å²) in [6.07, 6.45) is 10.7. The number of nitrogens with one attached hydrogen (secondary N) is 1. The Bertz CT molecular complexity index is 571. The van der Waals surface area contributed by atoms with Crippen LogP contribution in [0, 0.1) is 5.92 Å². The third kappa shape index (κ3) is 9.53. The average molecular weight is 405 g/mol. The van der Waals surface area contributed by atoms with E-state index in [9.17, 15) is 4.79 Å². The summed E-state index contributed by atoms with van der Waals surface area (Å²) in [5.41, 5.74) is 0.673. The summed E-state index contributed by atoms with van der Waals surface area (Å²) >= 11 is 0. The van der Waals surface area contributed by atoms with E-state index in [0.717, 1.165) is 32.0 Å². The van der Waals surface area contributed by atoms with E-state index >= 15 is 0 Å². The molecule has 0 unspecified atom stereocenters. The molecule has 164 valence electrons. The quantitative estimate of drug-likeness (QED) is 0.404. The number of piperidine rings is 1. The molecule has 1 aromatic carbocycles. The van der Waals surface area contributed by atoms with Crippen LogP contribution in [0.25, 0.3) is 0 Å². The molecule has 1 aliphatic rings. The molecule has 0 aromatic heterocycles. The van der Waals surface area contributed by atoms with Crippen molar-refractivity contribution in [2.75, 3.05) is 38.2 Å². The van der Waals surface area contributed by atoms with Crippen LogP contribution in [-0.4, -0.2) is 43.8 Å². The van der Waals surface area contributed by atoms with Crippen LogP contribution in [0.15, 0.2) is 24.3 Å². The number of amides is 1. The number of hydrogen-bond acceptors (Lipinski definition) is 4. The lowest BCUT2D eigenvalue weighted by molar-refractivity contribution is 0.119. The van der Waals surface area contributed by atoms with Gasteiger partial charge in [0.1, 0.15) is 12.4 Å². The molecule has 2 rings (SSSR count). The van der Waals surface area contributed by atoms with Gasteiger partial charge in [-0.2, -0.15) is 0 Å². The maximum Gasteiger partial charge on any atom is 0.411 e. The molecular weight excluding hydrogens is 364 g/mol. The van der Waals surface area contributed by atoms with Gasteiger partial charge in [0, 0.05) is 6.54 Å². The molecule has 1 N–H and O–H groups in total. The summed E-state index contributed by atoms with van der Waals surface area (Å²) in [6, 6.07) is 7.56. The first-order valence-electron chi connectivity index (χ1n) is 11.6. The zero-order valence-corrected chi connectivity index (χ0v) is 18.5. The Balaban J connectivity index is 1.64. The van der Waals surface area contributed by atoms with Crippen LogP contribution in [-0.2, 0) is 4.74 Å². The monoisotopic (exact) mass is 404 g/mol. The van der Waals surface area contributed by atoms with E-state index in [1.807, 2.05) is 24.3 Å². The minimum Gasteiger partial charge on any atom is -0.491 e. The number of rotatable bonds is 13. The van der Waals surface area contributed by atoms with Crippen molar-refractivity contribution in [1.29, 1.82) is 0 Å². The Morgan fingerprint density at radius 2 is 1.79 bits per heavy atom. The van der Waals surface area contributed by atoms with Crippen LogP contribution in [0.1, 0.15) is 71.6 Å². The molecule has 1 saturated heterocycles. The highest BCUT2D eigenvalue weighted by Gasteiger charge is 2.18. The summed E-state index contributed by atoms with van der Waals surface area (Å²) in [7, 11) is 0.